The Labute approximate surface area is 230 Å². The van der Waals surface area contributed by atoms with Crippen molar-refractivity contribution in [3.05, 3.63) is 82.8 Å². The van der Waals surface area contributed by atoms with E-state index in [1.54, 1.807) is 0 Å². The first-order chi connectivity index (χ1) is 19.2. The molecule has 0 saturated carbocycles. The average Bonchev–Trinajstić information content (AvgIpc) is 3.43. The van der Waals surface area contributed by atoms with Gasteiger partial charge in [0.25, 0.3) is 0 Å². The standard InChI is InChI=1S/C32H38N6O/c33-29-22-26-20-19-24-14-11-12-17-27(24)32(26)37-38(29)21-13-6-4-2-1-3-5-10-18-31(39)34-30-23-28(35-36-30)25-15-8-7-9-16-25/h7-9,11-12,14-17,22,33H,1-6,10,13,18-21,23H2,(H,34,36,39). The van der Waals surface area contributed by atoms with Crippen molar-refractivity contribution in [2.45, 2.75) is 83.6 Å². The molecule has 1 aliphatic carbocycles. The van der Waals surface area contributed by atoms with Crippen LogP contribution in [0.25, 0.3) is 11.3 Å². The first-order valence-electron chi connectivity index (χ1n) is 14.4. The highest BCUT2D eigenvalue weighted by Gasteiger charge is 2.18. The molecule has 0 fully saturated rings. The molecule has 2 aromatic carbocycles. The van der Waals surface area contributed by atoms with Crippen molar-refractivity contribution in [2.24, 2.45) is 10.2 Å². The Kier molecular flexibility index (Phi) is 9.09. The molecule has 7 nitrogen and oxygen atoms in total. The van der Waals surface area contributed by atoms with Crippen LogP contribution in [0.5, 0.6) is 0 Å². The van der Waals surface area contributed by atoms with Crippen molar-refractivity contribution in [1.82, 2.24) is 15.1 Å². The van der Waals surface area contributed by atoms with Gasteiger partial charge in [-0.05, 0) is 48.4 Å². The van der Waals surface area contributed by atoms with E-state index in [1.165, 1.54) is 36.0 Å². The summed E-state index contributed by atoms with van der Waals surface area (Å²) in [4.78, 5) is 12.3. The van der Waals surface area contributed by atoms with Crippen molar-refractivity contribution >= 4 is 17.5 Å². The maximum Gasteiger partial charge on any atom is 0.225 e. The second-order valence-electron chi connectivity index (χ2n) is 10.5. The van der Waals surface area contributed by atoms with Crippen LogP contribution >= 0.6 is 0 Å². The van der Waals surface area contributed by atoms with Gasteiger partial charge >= 0.3 is 0 Å². The van der Waals surface area contributed by atoms with Crippen molar-refractivity contribution in [1.29, 1.82) is 5.41 Å². The molecule has 202 valence electrons. The number of nitrogens with one attached hydrogen (secondary N) is 2. The molecule has 5 rings (SSSR count). The second-order valence-corrected chi connectivity index (χ2v) is 10.5. The maximum atomic E-state index is 12.3. The smallest absolute Gasteiger partial charge is 0.225 e. The van der Waals surface area contributed by atoms with Crippen LogP contribution in [0.2, 0.25) is 0 Å². The summed E-state index contributed by atoms with van der Waals surface area (Å²) in [5.74, 6) is 0.675. The van der Waals surface area contributed by atoms with Crippen LogP contribution in [0.15, 0.2) is 70.9 Å². The number of rotatable bonds is 12. The zero-order chi connectivity index (χ0) is 26.9. The van der Waals surface area contributed by atoms with Gasteiger partial charge in [0.1, 0.15) is 11.3 Å². The predicted molar refractivity (Wildman–Crippen MR) is 156 cm³/mol. The van der Waals surface area contributed by atoms with Crippen LogP contribution in [0.1, 0.15) is 80.9 Å². The highest BCUT2D eigenvalue weighted by Crippen LogP contribution is 2.30. The molecular formula is C32H38N6O. The first-order valence-corrected chi connectivity index (χ1v) is 14.4. The summed E-state index contributed by atoms with van der Waals surface area (Å²) in [6.45, 7) is 0.798. The Morgan fingerprint density at radius 3 is 2.33 bits per heavy atom. The van der Waals surface area contributed by atoms with E-state index < -0.39 is 0 Å². The van der Waals surface area contributed by atoms with E-state index in [2.05, 4.69) is 39.8 Å². The van der Waals surface area contributed by atoms with Gasteiger partial charge in [-0.1, -0.05) is 93.1 Å². The molecule has 3 aromatic rings. The number of amides is 1. The molecule has 0 saturated heterocycles. The fraction of sp³-hybridized carbons (Fsp3) is 0.406. The summed E-state index contributed by atoms with van der Waals surface area (Å²) in [6.07, 6.45) is 12.1. The molecule has 2 aliphatic rings. The van der Waals surface area contributed by atoms with Crippen LogP contribution in [0.4, 0.5) is 0 Å². The van der Waals surface area contributed by atoms with Crippen molar-refractivity contribution in [2.75, 3.05) is 0 Å². The fourth-order valence-electron chi connectivity index (χ4n) is 5.41. The van der Waals surface area contributed by atoms with Gasteiger partial charge < -0.3 is 5.32 Å². The van der Waals surface area contributed by atoms with E-state index in [0.717, 1.165) is 68.5 Å². The monoisotopic (exact) mass is 522 g/mol. The number of benzene rings is 2. The third-order valence-electron chi connectivity index (χ3n) is 7.59. The van der Waals surface area contributed by atoms with Crippen LogP contribution < -0.4 is 10.8 Å². The summed E-state index contributed by atoms with van der Waals surface area (Å²) < 4.78 is 1.87. The van der Waals surface area contributed by atoms with E-state index >= 15 is 0 Å². The lowest BCUT2D eigenvalue weighted by molar-refractivity contribution is -0.119. The Morgan fingerprint density at radius 1 is 0.821 bits per heavy atom. The van der Waals surface area contributed by atoms with E-state index in [9.17, 15) is 4.79 Å². The molecule has 2 N–H and O–H groups in total. The Hall–Kier alpha value is -3.87. The average molecular weight is 523 g/mol. The topological polar surface area (TPSA) is 95.5 Å². The number of hydrogen-bond donors (Lipinski definition) is 2. The third kappa shape index (κ3) is 7.16. The van der Waals surface area contributed by atoms with Gasteiger partial charge in [0, 0.05) is 18.5 Å². The summed E-state index contributed by atoms with van der Waals surface area (Å²) in [7, 11) is 0. The van der Waals surface area contributed by atoms with Crippen LogP contribution in [0, 0.1) is 5.41 Å². The van der Waals surface area contributed by atoms with Gasteiger partial charge in [-0.3, -0.25) is 10.2 Å². The van der Waals surface area contributed by atoms with Crippen molar-refractivity contribution in [3.63, 3.8) is 0 Å². The number of aromatic nitrogens is 2. The molecule has 7 heteroatoms. The van der Waals surface area contributed by atoms with E-state index in [1.807, 2.05) is 41.1 Å². The molecule has 1 aromatic heterocycles. The number of nitrogens with zero attached hydrogens (tertiary/aromatic N) is 4. The first kappa shape index (κ1) is 26.7. The molecule has 1 amide bonds. The van der Waals surface area contributed by atoms with Crippen molar-refractivity contribution in [3.8, 4) is 11.3 Å². The van der Waals surface area contributed by atoms with Gasteiger partial charge in [-0.2, -0.15) is 10.2 Å². The Morgan fingerprint density at radius 2 is 1.51 bits per heavy atom. The number of amidine groups is 1. The van der Waals surface area contributed by atoms with Crippen LogP contribution in [-0.4, -0.2) is 27.2 Å². The number of carbonyl (C=O) groups excluding carboxylic acids is 1. The highest BCUT2D eigenvalue weighted by molar-refractivity contribution is 6.17. The van der Waals surface area contributed by atoms with Crippen LogP contribution in [-0.2, 0) is 24.2 Å². The molecular weight excluding hydrogens is 484 g/mol. The normalized spacial score (nSPS) is 13.8. The number of fused-ring (bicyclic) bond motifs is 3. The number of carbonyl (C=O) groups is 1. The minimum Gasteiger partial charge on any atom is -0.312 e. The summed E-state index contributed by atoms with van der Waals surface area (Å²) in [5.41, 5.74) is 7.30. The van der Waals surface area contributed by atoms with E-state index in [0.29, 0.717) is 24.2 Å². The molecule has 0 unspecified atom stereocenters. The number of unbranched alkanes of at least 4 members (excludes halogenated alkanes) is 7. The molecule has 2 heterocycles. The van der Waals surface area contributed by atoms with Gasteiger partial charge in [-0.15, -0.1) is 5.10 Å². The highest BCUT2D eigenvalue weighted by atomic mass is 16.1. The molecule has 0 atom stereocenters. The predicted octanol–water partition coefficient (Wildman–Crippen LogP) is 5.96. The summed E-state index contributed by atoms with van der Waals surface area (Å²) in [6, 6.07) is 20.5. The van der Waals surface area contributed by atoms with Gasteiger partial charge in [0.15, 0.2) is 0 Å². The molecule has 0 bridgehead atoms. The molecule has 0 spiro atoms. The second kappa shape index (κ2) is 13.3. The molecule has 0 radical (unpaired) electrons. The number of hydrogen-bond acceptors (Lipinski definition) is 5. The lowest BCUT2D eigenvalue weighted by atomic mass is 9.89. The summed E-state index contributed by atoms with van der Waals surface area (Å²) in [5, 5.41) is 24.5. The molecule has 1 aliphatic heterocycles. The van der Waals surface area contributed by atoms with Gasteiger partial charge in [0.05, 0.1) is 17.8 Å². The lowest BCUT2D eigenvalue weighted by Gasteiger charge is -2.20. The quantitative estimate of drug-likeness (QED) is 0.287. The largest absolute Gasteiger partial charge is 0.312 e. The van der Waals surface area contributed by atoms with Gasteiger partial charge in [-0.25, -0.2) is 4.68 Å². The molecule has 39 heavy (non-hydrogen) atoms. The Bertz CT molecular complexity index is 1410. The minimum atomic E-state index is 0.0313. The van der Waals surface area contributed by atoms with E-state index in [4.69, 9.17) is 10.5 Å². The lowest BCUT2D eigenvalue weighted by Crippen LogP contribution is -2.30. The maximum absolute atomic E-state index is 12.3. The van der Waals surface area contributed by atoms with Crippen molar-refractivity contribution < 1.29 is 4.79 Å². The minimum absolute atomic E-state index is 0.0313. The Balaban J connectivity index is 0.916. The fourth-order valence-corrected chi connectivity index (χ4v) is 5.41. The third-order valence-corrected chi connectivity index (χ3v) is 7.59. The zero-order valence-corrected chi connectivity index (χ0v) is 22.7. The SMILES string of the molecule is N=c1cc2c(nn1CCCCCCCCCCC(=O)NC1=NN=C(c3ccccc3)C1)-c1ccccc1CC2. The zero-order valence-electron chi connectivity index (χ0n) is 22.7. The summed E-state index contributed by atoms with van der Waals surface area (Å²) >= 11 is 0. The van der Waals surface area contributed by atoms with Gasteiger partial charge in [0.2, 0.25) is 5.91 Å². The van der Waals surface area contributed by atoms with Crippen LogP contribution in [0.3, 0.4) is 0 Å². The van der Waals surface area contributed by atoms with E-state index in [-0.39, 0.29) is 5.91 Å². The number of aryl methyl sites for hydroxylation is 3.